The van der Waals surface area contributed by atoms with Gasteiger partial charge in [0.05, 0.1) is 6.33 Å². The maximum atomic E-state index is 4.06. The molecule has 0 bridgehead atoms. The standard InChI is InChI=1S/C12H19N3/c1-10(7-12-8-13-9-14-12)15-11-5-3-2-4-6-11/h8-9,11,15H,1-7H2,(H,13,14). The number of nitrogens with zero attached hydrogens (tertiary/aromatic N) is 1. The second kappa shape index (κ2) is 5.01. The summed E-state index contributed by atoms with van der Waals surface area (Å²) < 4.78 is 0. The number of aromatic amines is 1. The average Bonchev–Trinajstić information content (AvgIpc) is 2.71. The van der Waals surface area contributed by atoms with Gasteiger partial charge in [0.1, 0.15) is 0 Å². The summed E-state index contributed by atoms with van der Waals surface area (Å²) in [4.78, 5) is 7.09. The number of rotatable bonds is 4. The van der Waals surface area contributed by atoms with Gasteiger partial charge in [0.25, 0.3) is 0 Å². The van der Waals surface area contributed by atoms with Crippen LogP contribution in [0.2, 0.25) is 0 Å². The molecule has 82 valence electrons. The van der Waals surface area contributed by atoms with Gasteiger partial charge < -0.3 is 10.3 Å². The lowest BCUT2D eigenvalue weighted by atomic mass is 9.95. The number of hydrogen-bond donors (Lipinski definition) is 2. The van der Waals surface area contributed by atoms with Crippen molar-refractivity contribution in [3.8, 4) is 0 Å². The molecule has 0 atom stereocenters. The first kappa shape index (κ1) is 10.3. The summed E-state index contributed by atoms with van der Waals surface area (Å²) in [6.45, 7) is 4.06. The van der Waals surface area contributed by atoms with Crippen molar-refractivity contribution in [1.29, 1.82) is 0 Å². The Morgan fingerprint density at radius 1 is 1.47 bits per heavy atom. The monoisotopic (exact) mass is 205 g/mol. The summed E-state index contributed by atoms with van der Waals surface area (Å²) in [6, 6.07) is 0.647. The highest BCUT2D eigenvalue weighted by Gasteiger charge is 2.13. The van der Waals surface area contributed by atoms with Gasteiger partial charge in [0, 0.05) is 30.1 Å². The Morgan fingerprint density at radius 3 is 2.93 bits per heavy atom. The van der Waals surface area contributed by atoms with E-state index < -0.39 is 0 Å². The number of imidazole rings is 1. The lowest BCUT2D eigenvalue weighted by molar-refractivity contribution is 0.394. The van der Waals surface area contributed by atoms with Crippen LogP contribution in [0.5, 0.6) is 0 Å². The summed E-state index contributed by atoms with van der Waals surface area (Å²) in [5, 5.41) is 3.51. The van der Waals surface area contributed by atoms with Crippen LogP contribution in [-0.4, -0.2) is 16.0 Å². The van der Waals surface area contributed by atoms with Gasteiger partial charge in [0.15, 0.2) is 0 Å². The van der Waals surface area contributed by atoms with E-state index in [0.717, 1.165) is 17.8 Å². The number of hydrogen-bond acceptors (Lipinski definition) is 2. The third-order valence-electron chi connectivity index (χ3n) is 2.97. The fraction of sp³-hybridized carbons (Fsp3) is 0.583. The van der Waals surface area contributed by atoms with Gasteiger partial charge in [-0.05, 0) is 12.8 Å². The summed E-state index contributed by atoms with van der Waals surface area (Å²) in [5.41, 5.74) is 2.23. The highest BCUT2D eigenvalue weighted by atomic mass is 14.9. The molecule has 15 heavy (non-hydrogen) atoms. The van der Waals surface area contributed by atoms with Gasteiger partial charge in [-0.2, -0.15) is 0 Å². The van der Waals surface area contributed by atoms with Crippen LogP contribution in [0, 0.1) is 0 Å². The molecular weight excluding hydrogens is 186 g/mol. The molecule has 3 heteroatoms. The fourth-order valence-corrected chi connectivity index (χ4v) is 2.20. The maximum absolute atomic E-state index is 4.06. The van der Waals surface area contributed by atoms with E-state index >= 15 is 0 Å². The van der Waals surface area contributed by atoms with E-state index in [9.17, 15) is 0 Å². The van der Waals surface area contributed by atoms with Crippen LogP contribution in [0.25, 0.3) is 0 Å². The summed E-state index contributed by atoms with van der Waals surface area (Å²) >= 11 is 0. The third-order valence-corrected chi connectivity index (χ3v) is 2.97. The van der Waals surface area contributed by atoms with Crippen molar-refractivity contribution in [1.82, 2.24) is 15.3 Å². The quantitative estimate of drug-likeness (QED) is 0.792. The van der Waals surface area contributed by atoms with Crippen molar-refractivity contribution in [2.75, 3.05) is 0 Å². The molecule has 1 aliphatic carbocycles. The Bertz CT molecular complexity index is 297. The molecule has 2 rings (SSSR count). The first-order valence-corrected chi connectivity index (χ1v) is 5.76. The number of aromatic nitrogens is 2. The van der Waals surface area contributed by atoms with Gasteiger partial charge in [-0.25, -0.2) is 4.98 Å². The van der Waals surface area contributed by atoms with Gasteiger partial charge in [-0.15, -0.1) is 0 Å². The molecule has 1 aromatic heterocycles. The highest BCUT2D eigenvalue weighted by molar-refractivity contribution is 5.08. The van der Waals surface area contributed by atoms with Crippen LogP contribution in [0.1, 0.15) is 37.8 Å². The lowest BCUT2D eigenvalue weighted by Gasteiger charge is -2.24. The largest absolute Gasteiger partial charge is 0.386 e. The molecule has 0 radical (unpaired) electrons. The lowest BCUT2D eigenvalue weighted by Crippen LogP contribution is -2.30. The first-order valence-electron chi connectivity index (χ1n) is 5.76. The molecular formula is C12H19N3. The van der Waals surface area contributed by atoms with Gasteiger partial charge in [-0.1, -0.05) is 25.8 Å². The zero-order valence-electron chi connectivity index (χ0n) is 9.13. The molecule has 1 saturated carbocycles. The van der Waals surface area contributed by atoms with E-state index in [4.69, 9.17) is 0 Å². The van der Waals surface area contributed by atoms with Crippen LogP contribution in [-0.2, 0) is 6.42 Å². The SMILES string of the molecule is C=C(Cc1cnc[nH]1)NC1CCCCC1. The van der Waals surface area contributed by atoms with Gasteiger partial charge in [0.2, 0.25) is 0 Å². The van der Waals surface area contributed by atoms with E-state index in [1.165, 1.54) is 32.1 Å². The molecule has 0 saturated heterocycles. The van der Waals surface area contributed by atoms with E-state index in [1.54, 1.807) is 6.33 Å². The van der Waals surface area contributed by atoms with Crippen molar-refractivity contribution >= 4 is 0 Å². The van der Waals surface area contributed by atoms with Crippen LogP contribution in [0.15, 0.2) is 24.8 Å². The average molecular weight is 205 g/mol. The Kier molecular flexibility index (Phi) is 3.43. The molecule has 1 heterocycles. The minimum Gasteiger partial charge on any atom is -0.386 e. The zero-order chi connectivity index (χ0) is 10.5. The van der Waals surface area contributed by atoms with Crippen molar-refractivity contribution in [2.45, 2.75) is 44.6 Å². The predicted octanol–water partition coefficient (Wildman–Crippen LogP) is 2.39. The van der Waals surface area contributed by atoms with Crippen LogP contribution < -0.4 is 5.32 Å². The zero-order valence-corrected chi connectivity index (χ0v) is 9.13. The van der Waals surface area contributed by atoms with E-state index in [-0.39, 0.29) is 0 Å². The fourth-order valence-electron chi connectivity index (χ4n) is 2.20. The molecule has 0 unspecified atom stereocenters. The summed E-state index contributed by atoms with van der Waals surface area (Å²) in [6.07, 6.45) is 11.1. The molecule has 0 aromatic carbocycles. The van der Waals surface area contributed by atoms with Crippen molar-refractivity contribution < 1.29 is 0 Å². The third kappa shape index (κ3) is 3.11. The Labute approximate surface area is 91.0 Å². The van der Waals surface area contributed by atoms with Crippen molar-refractivity contribution in [3.05, 3.63) is 30.5 Å². The molecule has 2 N–H and O–H groups in total. The molecule has 0 amide bonds. The van der Waals surface area contributed by atoms with Crippen LogP contribution in [0.4, 0.5) is 0 Å². The number of nitrogens with one attached hydrogen (secondary N) is 2. The van der Waals surface area contributed by atoms with Gasteiger partial charge in [-0.3, -0.25) is 0 Å². The maximum Gasteiger partial charge on any atom is 0.0921 e. The van der Waals surface area contributed by atoms with E-state index in [2.05, 4.69) is 21.9 Å². The molecule has 1 aliphatic rings. The smallest absolute Gasteiger partial charge is 0.0921 e. The second-order valence-electron chi connectivity index (χ2n) is 4.34. The summed E-state index contributed by atoms with van der Waals surface area (Å²) in [7, 11) is 0. The van der Waals surface area contributed by atoms with Crippen LogP contribution in [0.3, 0.4) is 0 Å². The number of allylic oxidation sites excluding steroid dienone is 1. The molecule has 3 nitrogen and oxygen atoms in total. The van der Waals surface area contributed by atoms with E-state index in [0.29, 0.717) is 6.04 Å². The van der Waals surface area contributed by atoms with E-state index in [1.807, 2.05) is 6.20 Å². The first-order chi connectivity index (χ1) is 7.34. The molecule has 1 aromatic rings. The minimum atomic E-state index is 0.647. The Balaban J connectivity index is 1.76. The molecule has 0 aliphatic heterocycles. The Morgan fingerprint density at radius 2 is 2.27 bits per heavy atom. The highest BCUT2D eigenvalue weighted by Crippen LogP contribution is 2.18. The van der Waals surface area contributed by atoms with Crippen LogP contribution >= 0.6 is 0 Å². The van der Waals surface area contributed by atoms with Crippen molar-refractivity contribution in [3.63, 3.8) is 0 Å². The minimum absolute atomic E-state index is 0.647. The predicted molar refractivity (Wildman–Crippen MR) is 61.4 cm³/mol. The summed E-state index contributed by atoms with van der Waals surface area (Å²) in [5.74, 6) is 0. The molecule has 1 fully saturated rings. The van der Waals surface area contributed by atoms with Gasteiger partial charge >= 0.3 is 0 Å². The number of H-pyrrole nitrogens is 1. The Hall–Kier alpha value is -1.25. The topological polar surface area (TPSA) is 40.7 Å². The molecule has 0 spiro atoms. The normalized spacial score (nSPS) is 17.6. The second-order valence-corrected chi connectivity index (χ2v) is 4.34. The van der Waals surface area contributed by atoms with Crippen molar-refractivity contribution in [2.24, 2.45) is 0 Å².